The Morgan fingerprint density at radius 2 is 1.67 bits per heavy atom. The van der Waals surface area contributed by atoms with Crippen LogP contribution in [0.25, 0.3) is 11.1 Å². The predicted octanol–water partition coefficient (Wildman–Crippen LogP) is 3.36. The van der Waals surface area contributed by atoms with Crippen molar-refractivity contribution in [2.24, 2.45) is 0 Å². The fraction of sp³-hybridized carbons (Fsp3) is 0.200. The molecule has 0 aliphatic carbocycles. The summed E-state index contributed by atoms with van der Waals surface area (Å²) in [6, 6.07) is 12.6. The molecule has 3 amide bonds. The summed E-state index contributed by atoms with van der Waals surface area (Å²) < 4.78 is 5.00. The van der Waals surface area contributed by atoms with Crippen LogP contribution in [0.15, 0.2) is 67.0 Å². The van der Waals surface area contributed by atoms with E-state index < -0.39 is 11.9 Å². The van der Waals surface area contributed by atoms with E-state index in [0.717, 1.165) is 16.7 Å². The van der Waals surface area contributed by atoms with Crippen LogP contribution >= 0.6 is 0 Å². The minimum Gasteiger partial charge on any atom is -0.458 e. The average molecular weight is 447 g/mol. The van der Waals surface area contributed by atoms with E-state index in [1.165, 1.54) is 11.8 Å². The monoisotopic (exact) mass is 447 g/mol. The third-order valence-electron chi connectivity index (χ3n) is 4.93. The molecule has 0 radical (unpaired) electrons. The quantitative estimate of drug-likeness (QED) is 0.500. The molecular weight excluding hydrogens is 422 g/mol. The van der Waals surface area contributed by atoms with Gasteiger partial charge in [-0.25, -0.2) is 4.79 Å². The first kappa shape index (κ1) is 23.5. The topological polar surface area (TPSA) is 105 Å². The maximum absolute atomic E-state index is 13.0. The van der Waals surface area contributed by atoms with Crippen LogP contribution in [0.5, 0.6) is 0 Å². The highest BCUT2D eigenvalue weighted by Gasteiger charge is 2.33. The number of rotatable bonds is 7. The zero-order valence-electron chi connectivity index (χ0n) is 18.7. The summed E-state index contributed by atoms with van der Waals surface area (Å²) >= 11 is 0. The first-order chi connectivity index (χ1) is 15.6. The van der Waals surface area contributed by atoms with Gasteiger partial charge in [-0.1, -0.05) is 37.4 Å². The summed E-state index contributed by atoms with van der Waals surface area (Å²) in [4.78, 5) is 50.0. The average Bonchev–Trinajstić information content (AvgIpc) is 3.09. The molecular formula is C25H25N3O5. The van der Waals surface area contributed by atoms with Gasteiger partial charge in [0.05, 0.1) is 12.6 Å². The van der Waals surface area contributed by atoms with Gasteiger partial charge in [0.25, 0.3) is 11.8 Å². The van der Waals surface area contributed by atoms with Crippen LogP contribution in [0.1, 0.15) is 36.7 Å². The Kier molecular flexibility index (Phi) is 6.77. The van der Waals surface area contributed by atoms with Crippen molar-refractivity contribution in [3.8, 4) is 11.1 Å². The first-order valence-electron chi connectivity index (χ1n) is 10.3. The lowest BCUT2D eigenvalue weighted by Gasteiger charge is -2.19. The smallest absolute Gasteiger partial charge is 0.354 e. The number of amides is 3. The summed E-state index contributed by atoms with van der Waals surface area (Å²) in [6.45, 7) is 12.2. The maximum atomic E-state index is 13.0. The highest BCUT2D eigenvalue weighted by molar-refractivity contribution is 6.08. The number of ether oxygens (including phenoxy) is 1. The summed E-state index contributed by atoms with van der Waals surface area (Å²) in [5.74, 6) is -2.01. The SMILES string of the molecule is C=C(NC(=O)C(=C)N1Cc2c(cccc2-c2ccc(NC(C)=O)cc2)C1=O)C(=O)OC(C)C. The normalized spacial score (nSPS) is 12.2. The number of hydrogen-bond acceptors (Lipinski definition) is 5. The molecule has 0 saturated heterocycles. The van der Waals surface area contributed by atoms with Gasteiger partial charge < -0.3 is 15.4 Å². The van der Waals surface area contributed by atoms with E-state index in [4.69, 9.17) is 4.74 Å². The van der Waals surface area contributed by atoms with E-state index in [9.17, 15) is 19.2 Å². The van der Waals surface area contributed by atoms with Gasteiger partial charge in [-0.2, -0.15) is 0 Å². The number of carbonyl (C=O) groups is 4. The van der Waals surface area contributed by atoms with Crippen LogP contribution in [0.3, 0.4) is 0 Å². The van der Waals surface area contributed by atoms with Gasteiger partial charge in [0.1, 0.15) is 11.4 Å². The van der Waals surface area contributed by atoms with E-state index in [1.807, 2.05) is 18.2 Å². The second kappa shape index (κ2) is 9.52. The van der Waals surface area contributed by atoms with Crippen LogP contribution < -0.4 is 10.6 Å². The number of esters is 1. The predicted molar refractivity (Wildman–Crippen MR) is 124 cm³/mol. The molecule has 0 atom stereocenters. The highest BCUT2D eigenvalue weighted by atomic mass is 16.5. The molecule has 2 N–H and O–H groups in total. The van der Waals surface area contributed by atoms with Gasteiger partial charge in [-0.05, 0) is 48.7 Å². The number of benzene rings is 2. The number of nitrogens with one attached hydrogen (secondary N) is 2. The molecule has 0 saturated carbocycles. The molecule has 0 aromatic heterocycles. The van der Waals surface area contributed by atoms with Crippen LogP contribution in [0.4, 0.5) is 5.69 Å². The summed E-state index contributed by atoms with van der Waals surface area (Å²) in [6.07, 6.45) is -0.366. The maximum Gasteiger partial charge on any atom is 0.354 e. The summed E-state index contributed by atoms with van der Waals surface area (Å²) in [5.41, 5.74) is 3.22. The van der Waals surface area contributed by atoms with Gasteiger partial charge in [-0.15, -0.1) is 0 Å². The van der Waals surface area contributed by atoms with Gasteiger partial charge in [0.15, 0.2) is 0 Å². The standard InChI is InChI=1S/C25H25N3O5/c1-14(2)33-25(32)15(3)26-23(30)16(4)28-13-22-20(7-6-8-21(22)24(28)31)18-9-11-19(12-10-18)27-17(5)29/h6-12,14H,3-4,13H2,1-2,5H3,(H,26,30)(H,27,29). The van der Waals surface area contributed by atoms with Crippen molar-refractivity contribution in [1.29, 1.82) is 0 Å². The number of anilines is 1. The van der Waals surface area contributed by atoms with Crippen LogP contribution in [0.2, 0.25) is 0 Å². The zero-order chi connectivity index (χ0) is 24.3. The lowest BCUT2D eigenvalue weighted by molar-refractivity contribution is -0.143. The Morgan fingerprint density at radius 1 is 1.03 bits per heavy atom. The molecule has 8 nitrogen and oxygen atoms in total. The van der Waals surface area contributed by atoms with Crippen LogP contribution in [-0.2, 0) is 25.7 Å². The zero-order valence-corrected chi connectivity index (χ0v) is 18.7. The molecule has 8 heteroatoms. The van der Waals surface area contributed by atoms with Crippen LogP contribution in [0, 0.1) is 0 Å². The van der Waals surface area contributed by atoms with Gasteiger partial charge in [0, 0.05) is 18.2 Å². The molecule has 1 aliphatic heterocycles. The molecule has 0 fully saturated rings. The second-order valence-corrected chi connectivity index (χ2v) is 7.81. The molecule has 0 spiro atoms. The molecule has 2 aromatic carbocycles. The molecule has 0 bridgehead atoms. The van der Waals surface area contributed by atoms with E-state index in [2.05, 4.69) is 23.8 Å². The Hall–Kier alpha value is -4.20. The van der Waals surface area contributed by atoms with E-state index in [1.54, 1.807) is 38.1 Å². The second-order valence-electron chi connectivity index (χ2n) is 7.81. The molecule has 1 heterocycles. The molecule has 33 heavy (non-hydrogen) atoms. The fourth-order valence-electron chi connectivity index (χ4n) is 3.43. The number of carbonyl (C=O) groups excluding carboxylic acids is 4. The van der Waals surface area contributed by atoms with E-state index in [-0.39, 0.29) is 35.9 Å². The van der Waals surface area contributed by atoms with E-state index in [0.29, 0.717) is 11.3 Å². The highest BCUT2D eigenvalue weighted by Crippen LogP contribution is 2.34. The number of fused-ring (bicyclic) bond motifs is 1. The van der Waals surface area contributed by atoms with Crippen molar-refractivity contribution in [1.82, 2.24) is 10.2 Å². The van der Waals surface area contributed by atoms with Crippen molar-refractivity contribution >= 4 is 29.4 Å². The largest absolute Gasteiger partial charge is 0.458 e. The Labute approximate surface area is 191 Å². The van der Waals surface area contributed by atoms with Crippen LogP contribution in [-0.4, -0.2) is 34.7 Å². The van der Waals surface area contributed by atoms with E-state index >= 15 is 0 Å². The number of hydrogen-bond donors (Lipinski definition) is 2. The fourth-order valence-corrected chi connectivity index (χ4v) is 3.43. The Bertz CT molecular complexity index is 1170. The van der Waals surface area contributed by atoms with Crippen molar-refractivity contribution in [2.75, 3.05) is 5.32 Å². The number of nitrogens with zero attached hydrogens (tertiary/aromatic N) is 1. The van der Waals surface area contributed by atoms with Crippen molar-refractivity contribution < 1.29 is 23.9 Å². The Balaban J connectivity index is 1.78. The van der Waals surface area contributed by atoms with Gasteiger partial charge >= 0.3 is 5.97 Å². The van der Waals surface area contributed by atoms with Crippen molar-refractivity contribution in [2.45, 2.75) is 33.4 Å². The molecule has 3 rings (SSSR count). The summed E-state index contributed by atoms with van der Waals surface area (Å²) in [7, 11) is 0. The molecule has 170 valence electrons. The van der Waals surface area contributed by atoms with Gasteiger partial charge in [0.2, 0.25) is 5.91 Å². The molecule has 0 unspecified atom stereocenters. The Morgan fingerprint density at radius 3 is 2.27 bits per heavy atom. The lowest BCUT2D eigenvalue weighted by Crippen LogP contribution is -2.36. The molecule has 2 aromatic rings. The third-order valence-corrected chi connectivity index (χ3v) is 4.93. The lowest BCUT2D eigenvalue weighted by atomic mass is 9.97. The minimum atomic E-state index is -0.757. The molecule has 1 aliphatic rings. The minimum absolute atomic E-state index is 0.110. The summed E-state index contributed by atoms with van der Waals surface area (Å²) in [5, 5.41) is 5.05. The van der Waals surface area contributed by atoms with Gasteiger partial charge in [-0.3, -0.25) is 19.3 Å². The first-order valence-corrected chi connectivity index (χ1v) is 10.3. The van der Waals surface area contributed by atoms with Crippen molar-refractivity contribution in [3.05, 3.63) is 78.1 Å². The third kappa shape index (κ3) is 5.17. The van der Waals surface area contributed by atoms with Crippen molar-refractivity contribution in [3.63, 3.8) is 0 Å².